The molecule has 0 bridgehead atoms. The summed E-state index contributed by atoms with van der Waals surface area (Å²) < 4.78 is 5.31. The van der Waals surface area contributed by atoms with Crippen molar-refractivity contribution in [1.29, 1.82) is 0 Å². The summed E-state index contributed by atoms with van der Waals surface area (Å²) in [6, 6.07) is 4.54. The molecule has 2 unspecified atom stereocenters. The molecule has 1 aromatic rings. The monoisotopic (exact) mass is 263 g/mol. The molecule has 0 radical (unpaired) electrons. The van der Waals surface area contributed by atoms with Crippen molar-refractivity contribution in [3.8, 4) is 0 Å². The van der Waals surface area contributed by atoms with Gasteiger partial charge in [-0.25, -0.2) is 0 Å². The van der Waals surface area contributed by atoms with E-state index in [1.807, 2.05) is 12.1 Å². The van der Waals surface area contributed by atoms with Crippen molar-refractivity contribution in [1.82, 2.24) is 10.6 Å². The Balaban J connectivity index is 1.75. The summed E-state index contributed by atoms with van der Waals surface area (Å²) in [6.07, 6.45) is 6.45. The second kappa shape index (κ2) is 7.22. The lowest BCUT2D eigenvalue weighted by Gasteiger charge is -2.10. The van der Waals surface area contributed by atoms with Gasteiger partial charge in [-0.3, -0.25) is 4.99 Å². The van der Waals surface area contributed by atoms with E-state index in [2.05, 4.69) is 29.5 Å². The van der Waals surface area contributed by atoms with Gasteiger partial charge in [-0.1, -0.05) is 13.3 Å². The molecule has 19 heavy (non-hydrogen) atoms. The molecular formula is C15H25N3O. The Morgan fingerprint density at radius 1 is 1.47 bits per heavy atom. The molecule has 2 N–H and O–H groups in total. The van der Waals surface area contributed by atoms with Crippen LogP contribution in [0.4, 0.5) is 0 Å². The highest BCUT2D eigenvalue weighted by molar-refractivity contribution is 5.80. The number of hydrogen-bond donors (Lipinski definition) is 2. The van der Waals surface area contributed by atoms with Gasteiger partial charge in [-0.05, 0) is 37.8 Å². The second-order valence-electron chi connectivity index (χ2n) is 5.13. The van der Waals surface area contributed by atoms with Crippen molar-refractivity contribution in [2.45, 2.75) is 45.6 Å². The molecule has 2 atom stereocenters. The third-order valence-corrected chi connectivity index (χ3v) is 3.46. The Labute approximate surface area is 115 Å². The maximum Gasteiger partial charge on any atom is 0.191 e. The van der Waals surface area contributed by atoms with E-state index >= 15 is 0 Å². The van der Waals surface area contributed by atoms with Crippen LogP contribution in [0.3, 0.4) is 0 Å². The molecule has 0 amide bonds. The number of nitrogens with zero attached hydrogens (tertiary/aromatic N) is 1. The Morgan fingerprint density at radius 3 is 3.05 bits per heavy atom. The lowest BCUT2D eigenvalue weighted by atomic mass is 10.2. The van der Waals surface area contributed by atoms with Crippen LogP contribution in [-0.4, -0.2) is 25.1 Å². The predicted molar refractivity (Wildman–Crippen MR) is 78.3 cm³/mol. The summed E-state index contributed by atoms with van der Waals surface area (Å²) in [6.45, 7) is 6.00. The Morgan fingerprint density at radius 2 is 2.37 bits per heavy atom. The molecule has 1 fully saturated rings. The molecule has 2 rings (SSSR count). The minimum atomic E-state index is 0.626. The van der Waals surface area contributed by atoms with E-state index in [9.17, 15) is 0 Å². The predicted octanol–water partition coefficient (Wildman–Crippen LogP) is 2.57. The van der Waals surface area contributed by atoms with E-state index in [-0.39, 0.29) is 0 Å². The molecule has 0 saturated heterocycles. The van der Waals surface area contributed by atoms with E-state index in [1.54, 1.807) is 6.26 Å². The Bertz CT molecular complexity index is 386. The fourth-order valence-corrected chi connectivity index (χ4v) is 2.34. The van der Waals surface area contributed by atoms with Crippen molar-refractivity contribution in [2.75, 3.05) is 13.1 Å². The molecule has 1 saturated carbocycles. The van der Waals surface area contributed by atoms with Crippen LogP contribution in [0.15, 0.2) is 27.8 Å². The first-order chi connectivity index (χ1) is 9.33. The Kier molecular flexibility index (Phi) is 5.31. The second-order valence-corrected chi connectivity index (χ2v) is 5.13. The summed E-state index contributed by atoms with van der Waals surface area (Å²) in [7, 11) is 0. The van der Waals surface area contributed by atoms with Gasteiger partial charge < -0.3 is 15.1 Å². The third kappa shape index (κ3) is 4.62. The normalized spacial score (nSPS) is 22.3. The molecule has 4 nitrogen and oxygen atoms in total. The fourth-order valence-electron chi connectivity index (χ4n) is 2.34. The van der Waals surface area contributed by atoms with Crippen LogP contribution in [0, 0.1) is 5.92 Å². The van der Waals surface area contributed by atoms with Crippen LogP contribution >= 0.6 is 0 Å². The number of aliphatic imine (C=N–C) groups is 1. The van der Waals surface area contributed by atoms with Gasteiger partial charge in [0.2, 0.25) is 0 Å². The number of guanidine groups is 1. The van der Waals surface area contributed by atoms with E-state index in [1.165, 1.54) is 19.3 Å². The van der Waals surface area contributed by atoms with Crippen molar-refractivity contribution >= 4 is 5.96 Å². The van der Waals surface area contributed by atoms with E-state index in [0.717, 1.165) is 37.1 Å². The highest BCUT2D eigenvalue weighted by atomic mass is 16.3. The van der Waals surface area contributed by atoms with Gasteiger partial charge in [0.25, 0.3) is 0 Å². The maximum absolute atomic E-state index is 5.31. The zero-order valence-electron chi connectivity index (χ0n) is 12.0. The van der Waals surface area contributed by atoms with Gasteiger partial charge in [0.05, 0.1) is 6.26 Å². The van der Waals surface area contributed by atoms with Crippen molar-refractivity contribution < 1.29 is 4.42 Å². The molecule has 0 aliphatic heterocycles. The summed E-state index contributed by atoms with van der Waals surface area (Å²) >= 11 is 0. The van der Waals surface area contributed by atoms with E-state index in [4.69, 9.17) is 4.42 Å². The zero-order valence-corrected chi connectivity index (χ0v) is 12.0. The van der Waals surface area contributed by atoms with Crippen LogP contribution in [-0.2, 0) is 6.42 Å². The van der Waals surface area contributed by atoms with Gasteiger partial charge >= 0.3 is 0 Å². The van der Waals surface area contributed by atoms with E-state index < -0.39 is 0 Å². The third-order valence-electron chi connectivity index (χ3n) is 3.46. The zero-order chi connectivity index (χ0) is 13.5. The topological polar surface area (TPSA) is 49.6 Å². The molecule has 106 valence electrons. The molecule has 0 spiro atoms. The van der Waals surface area contributed by atoms with Crippen molar-refractivity contribution in [3.63, 3.8) is 0 Å². The smallest absolute Gasteiger partial charge is 0.191 e. The first-order valence-electron chi connectivity index (χ1n) is 7.40. The number of furan rings is 1. The van der Waals surface area contributed by atoms with Crippen LogP contribution in [0.2, 0.25) is 0 Å². The minimum Gasteiger partial charge on any atom is -0.469 e. The average molecular weight is 263 g/mol. The quantitative estimate of drug-likeness (QED) is 0.587. The van der Waals surface area contributed by atoms with Crippen LogP contribution in [0.25, 0.3) is 0 Å². The Hall–Kier alpha value is -1.45. The number of nitrogens with one attached hydrogen (secondary N) is 2. The average Bonchev–Trinajstić information content (AvgIpc) is 2.91. The summed E-state index contributed by atoms with van der Waals surface area (Å²) in [5.41, 5.74) is 0. The standard InChI is InChI=1S/C15H25N3O/c1-3-6-12-11-14(12)18-15(16-4-2)17-9-8-13-7-5-10-19-13/h5,7,10,12,14H,3-4,6,8-9,11H2,1-2H3,(H2,16,17,18). The van der Waals surface area contributed by atoms with Gasteiger partial charge in [-0.15, -0.1) is 0 Å². The molecule has 4 heteroatoms. The van der Waals surface area contributed by atoms with Crippen molar-refractivity contribution in [3.05, 3.63) is 24.2 Å². The van der Waals surface area contributed by atoms with Crippen LogP contribution in [0.5, 0.6) is 0 Å². The molecule has 1 aromatic heterocycles. The highest BCUT2D eigenvalue weighted by Gasteiger charge is 2.36. The molecule has 1 aliphatic rings. The van der Waals surface area contributed by atoms with Crippen LogP contribution in [0.1, 0.15) is 38.9 Å². The summed E-state index contributed by atoms with van der Waals surface area (Å²) in [5, 5.41) is 6.82. The van der Waals surface area contributed by atoms with Gasteiger partial charge in [0.1, 0.15) is 5.76 Å². The summed E-state index contributed by atoms with van der Waals surface area (Å²) in [4.78, 5) is 4.60. The lowest BCUT2D eigenvalue weighted by Crippen LogP contribution is -2.39. The van der Waals surface area contributed by atoms with Gasteiger partial charge in [0, 0.05) is 25.6 Å². The highest BCUT2D eigenvalue weighted by Crippen LogP contribution is 2.34. The van der Waals surface area contributed by atoms with Crippen molar-refractivity contribution in [2.24, 2.45) is 10.9 Å². The SMILES string of the molecule is CCCC1CC1NC(=NCCc1ccco1)NCC. The number of rotatable bonds is 7. The van der Waals surface area contributed by atoms with Crippen LogP contribution < -0.4 is 10.6 Å². The number of hydrogen-bond acceptors (Lipinski definition) is 2. The summed E-state index contributed by atoms with van der Waals surface area (Å²) in [5.74, 6) is 2.78. The molecule has 0 aromatic carbocycles. The first-order valence-corrected chi connectivity index (χ1v) is 7.40. The minimum absolute atomic E-state index is 0.626. The van der Waals surface area contributed by atoms with E-state index in [0.29, 0.717) is 6.04 Å². The fraction of sp³-hybridized carbons (Fsp3) is 0.667. The first kappa shape index (κ1) is 14.0. The molecule has 1 aliphatic carbocycles. The molecular weight excluding hydrogens is 238 g/mol. The maximum atomic E-state index is 5.31. The molecule has 1 heterocycles. The van der Waals surface area contributed by atoms with Gasteiger partial charge in [0.15, 0.2) is 5.96 Å². The largest absolute Gasteiger partial charge is 0.469 e. The lowest BCUT2D eigenvalue weighted by molar-refractivity contribution is 0.510. The van der Waals surface area contributed by atoms with Gasteiger partial charge in [-0.2, -0.15) is 0 Å².